The van der Waals surface area contributed by atoms with Gasteiger partial charge in [0.2, 0.25) is 0 Å². The summed E-state index contributed by atoms with van der Waals surface area (Å²) >= 11 is 0. The minimum Gasteiger partial charge on any atom is -0.373 e. The standard InChI is InChI=1S/C12H22N4/c1-6-9-14-10(13-5)8-11(15-9)16-12(3,4)7-2/h8H,6-7H2,1-5H3,(H2,13,14,15,16). The van der Waals surface area contributed by atoms with Crippen molar-refractivity contribution >= 4 is 11.6 Å². The molecule has 0 aliphatic carbocycles. The molecule has 0 saturated carbocycles. The lowest BCUT2D eigenvalue weighted by molar-refractivity contribution is 0.544. The third-order valence-corrected chi connectivity index (χ3v) is 2.70. The zero-order chi connectivity index (χ0) is 12.2. The molecule has 0 atom stereocenters. The topological polar surface area (TPSA) is 49.8 Å². The van der Waals surface area contributed by atoms with E-state index in [0.717, 1.165) is 30.3 Å². The number of aromatic nitrogens is 2. The maximum atomic E-state index is 4.47. The predicted octanol–water partition coefficient (Wildman–Crippen LogP) is 2.68. The highest BCUT2D eigenvalue weighted by Gasteiger charge is 2.15. The van der Waals surface area contributed by atoms with E-state index in [4.69, 9.17) is 0 Å². The molecule has 4 nitrogen and oxygen atoms in total. The third kappa shape index (κ3) is 3.36. The van der Waals surface area contributed by atoms with Crippen molar-refractivity contribution in [2.75, 3.05) is 17.7 Å². The van der Waals surface area contributed by atoms with Crippen LogP contribution in [0.15, 0.2) is 6.07 Å². The third-order valence-electron chi connectivity index (χ3n) is 2.70. The molecule has 0 spiro atoms. The van der Waals surface area contributed by atoms with Gasteiger partial charge in [-0.25, -0.2) is 9.97 Å². The van der Waals surface area contributed by atoms with Gasteiger partial charge >= 0.3 is 0 Å². The van der Waals surface area contributed by atoms with Crippen molar-refractivity contribution in [1.82, 2.24) is 9.97 Å². The Morgan fingerprint density at radius 2 is 1.81 bits per heavy atom. The van der Waals surface area contributed by atoms with Gasteiger partial charge in [0.15, 0.2) is 0 Å². The molecule has 0 radical (unpaired) electrons. The van der Waals surface area contributed by atoms with E-state index in [9.17, 15) is 0 Å². The Morgan fingerprint density at radius 3 is 2.31 bits per heavy atom. The maximum absolute atomic E-state index is 4.47. The van der Waals surface area contributed by atoms with Gasteiger partial charge in [-0.15, -0.1) is 0 Å². The summed E-state index contributed by atoms with van der Waals surface area (Å²) in [6.07, 6.45) is 1.89. The summed E-state index contributed by atoms with van der Waals surface area (Å²) in [7, 11) is 1.87. The van der Waals surface area contributed by atoms with Crippen LogP contribution in [0.4, 0.5) is 11.6 Å². The van der Waals surface area contributed by atoms with E-state index in [0.29, 0.717) is 0 Å². The zero-order valence-electron chi connectivity index (χ0n) is 10.9. The van der Waals surface area contributed by atoms with Gasteiger partial charge in [0.25, 0.3) is 0 Å². The van der Waals surface area contributed by atoms with Crippen molar-refractivity contribution in [3.05, 3.63) is 11.9 Å². The second-order valence-electron chi connectivity index (χ2n) is 4.52. The highest BCUT2D eigenvalue weighted by atomic mass is 15.1. The average Bonchev–Trinajstić information content (AvgIpc) is 2.28. The zero-order valence-corrected chi connectivity index (χ0v) is 10.9. The fraction of sp³-hybridized carbons (Fsp3) is 0.667. The molecule has 0 aromatic carbocycles. The number of aryl methyl sites for hydroxylation is 1. The normalized spacial score (nSPS) is 11.3. The molecule has 1 rings (SSSR count). The Kier molecular flexibility index (Phi) is 4.10. The second kappa shape index (κ2) is 5.14. The first kappa shape index (κ1) is 12.7. The van der Waals surface area contributed by atoms with Gasteiger partial charge in [0.05, 0.1) is 0 Å². The van der Waals surface area contributed by atoms with E-state index in [1.54, 1.807) is 0 Å². The molecule has 2 N–H and O–H groups in total. The molecule has 16 heavy (non-hydrogen) atoms. The van der Waals surface area contributed by atoms with E-state index < -0.39 is 0 Å². The molecule has 1 aromatic rings. The van der Waals surface area contributed by atoms with Crippen LogP contribution in [-0.4, -0.2) is 22.6 Å². The van der Waals surface area contributed by atoms with Crippen LogP contribution in [0, 0.1) is 0 Å². The number of hydrogen-bond donors (Lipinski definition) is 2. The summed E-state index contributed by atoms with van der Waals surface area (Å²) in [6.45, 7) is 8.55. The van der Waals surface area contributed by atoms with Crippen LogP contribution in [0.3, 0.4) is 0 Å². The maximum Gasteiger partial charge on any atom is 0.132 e. The van der Waals surface area contributed by atoms with Gasteiger partial charge in [0.1, 0.15) is 17.5 Å². The van der Waals surface area contributed by atoms with Crippen molar-refractivity contribution in [1.29, 1.82) is 0 Å². The first-order valence-corrected chi connectivity index (χ1v) is 5.84. The molecular weight excluding hydrogens is 200 g/mol. The van der Waals surface area contributed by atoms with E-state index in [-0.39, 0.29) is 5.54 Å². The molecule has 90 valence electrons. The van der Waals surface area contributed by atoms with E-state index in [1.165, 1.54) is 0 Å². The number of nitrogens with zero attached hydrogens (tertiary/aromatic N) is 2. The Hall–Kier alpha value is -1.32. The minimum absolute atomic E-state index is 0.0599. The summed E-state index contributed by atoms with van der Waals surface area (Å²) < 4.78 is 0. The Balaban J connectivity index is 2.95. The van der Waals surface area contributed by atoms with Crippen molar-refractivity contribution in [2.45, 2.75) is 46.1 Å². The molecule has 0 aliphatic heterocycles. The van der Waals surface area contributed by atoms with Gasteiger partial charge in [-0.1, -0.05) is 13.8 Å². The fourth-order valence-electron chi connectivity index (χ4n) is 1.28. The summed E-state index contributed by atoms with van der Waals surface area (Å²) in [5.41, 5.74) is 0.0599. The SMILES string of the molecule is CCc1nc(NC)cc(NC(C)(C)CC)n1. The van der Waals surface area contributed by atoms with Gasteiger partial charge in [-0.2, -0.15) is 0 Å². The van der Waals surface area contributed by atoms with Crippen LogP contribution in [0.2, 0.25) is 0 Å². The van der Waals surface area contributed by atoms with E-state index >= 15 is 0 Å². The summed E-state index contributed by atoms with van der Waals surface area (Å²) in [6, 6.07) is 1.94. The Labute approximate surface area is 97.9 Å². The van der Waals surface area contributed by atoms with Gasteiger partial charge < -0.3 is 10.6 Å². The van der Waals surface area contributed by atoms with Crippen LogP contribution in [0.25, 0.3) is 0 Å². The first-order valence-electron chi connectivity index (χ1n) is 5.84. The van der Waals surface area contributed by atoms with Crippen molar-refractivity contribution in [2.24, 2.45) is 0 Å². The van der Waals surface area contributed by atoms with Gasteiger partial charge in [-0.05, 0) is 20.3 Å². The molecule has 0 amide bonds. The lowest BCUT2D eigenvalue weighted by Crippen LogP contribution is -2.30. The predicted molar refractivity (Wildman–Crippen MR) is 68.9 cm³/mol. The average molecular weight is 222 g/mol. The van der Waals surface area contributed by atoms with Crippen LogP contribution < -0.4 is 10.6 Å². The van der Waals surface area contributed by atoms with Crippen LogP contribution in [-0.2, 0) is 6.42 Å². The molecular formula is C12H22N4. The summed E-state index contributed by atoms with van der Waals surface area (Å²) in [5.74, 6) is 2.62. The molecule has 4 heteroatoms. The number of rotatable bonds is 5. The minimum atomic E-state index is 0.0599. The molecule has 1 aromatic heterocycles. The highest BCUT2D eigenvalue weighted by molar-refractivity contribution is 5.48. The molecule has 1 heterocycles. The number of nitrogens with one attached hydrogen (secondary N) is 2. The Morgan fingerprint density at radius 1 is 1.19 bits per heavy atom. The summed E-state index contributed by atoms with van der Waals surface area (Å²) in [4.78, 5) is 8.83. The van der Waals surface area contributed by atoms with Gasteiger partial charge in [-0.3, -0.25) is 0 Å². The fourth-order valence-corrected chi connectivity index (χ4v) is 1.28. The largest absolute Gasteiger partial charge is 0.373 e. The highest BCUT2D eigenvalue weighted by Crippen LogP contribution is 2.18. The quantitative estimate of drug-likeness (QED) is 0.804. The van der Waals surface area contributed by atoms with Gasteiger partial charge in [0, 0.05) is 25.1 Å². The molecule has 0 fully saturated rings. The Bertz CT molecular complexity index is 325. The molecule has 0 aliphatic rings. The second-order valence-corrected chi connectivity index (χ2v) is 4.52. The molecule has 0 bridgehead atoms. The van der Waals surface area contributed by atoms with Crippen LogP contribution in [0.5, 0.6) is 0 Å². The first-order chi connectivity index (χ1) is 7.50. The number of anilines is 2. The van der Waals surface area contributed by atoms with Crippen LogP contribution >= 0.6 is 0 Å². The van der Waals surface area contributed by atoms with Crippen LogP contribution in [0.1, 0.15) is 39.9 Å². The summed E-state index contributed by atoms with van der Waals surface area (Å²) in [5, 5.41) is 6.48. The molecule has 0 unspecified atom stereocenters. The van der Waals surface area contributed by atoms with Crippen molar-refractivity contribution < 1.29 is 0 Å². The lowest BCUT2D eigenvalue weighted by Gasteiger charge is -2.25. The molecule has 0 saturated heterocycles. The smallest absolute Gasteiger partial charge is 0.132 e. The lowest BCUT2D eigenvalue weighted by atomic mass is 10.0. The van der Waals surface area contributed by atoms with Crippen molar-refractivity contribution in [3.63, 3.8) is 0 Å². The van der Waals surface area contributed by atoms with Crippen molar-refractivity contribution in [3.8, 4) is 0 Å². The van der Waals surface area contributed by atoms with E-state index in [1.807, 2.05) is 13.1 Å². The monoisotopic (exact) mass is 222 g/mol. The number of hydrogen-bond acceptors (Lipinski definition) is 4. The van der Waals surface area contributed by atoms with E-state index in [2.05, 4.69) is 48.3 Å².